The van der Waals surface area contributed by atoms with Gasteiger partial charge in [-0.25, -0.2) is 4.98 Å². The van der Waals surface area contributed by atoms with Gasteiger partial charge < -0.3 is 0 Å². The third kappa shape index (κ3) is 4.08. The molecule has 0 atom stereocenters. The van der Waals surface area contributed by atoms with Gasteiger partial charge in [0.1, 0.15) is 11.1 Å². The van der Waals surface area contributed by atoms with Crippen molar-refractivity contribution >= 4 is 38.9 Å². The van der Waals surface area contributed by atoms with E-state index in [0.29, 0.717) is 5.57 Å². The van der Waals surface area contributed by atoms with Crippen LogP contribution in [0, 0.1) is 11.3 Å². The number of hydrogen-bond donors (Lipinski definition) is 0. The molecule has 0 spiro atoms. The normalized spacial score (nSPS) is 11.6. The molecule has 4 heteroatoms. The van der Waals surface area contributed by atoms with Crippen LogP contribution in [0.25, 0.3) is 22.9 Å². The summed E-state index contributed by atoms with van der Waals surface area (Å²) in [4.78, 5) is 4.59. The number of aromatic nitrogens is 1. The van der Waals surface area contributed by atoms with E-state index in [-0.39, 0.29) is 0 Å². The van der Waals surface area contributed by atoms with Crippen LogP contribution in [0.2, 0.25) is 0 Å². The van der Waals surface area contributed by atoms with Crippen molar-refractivity contribution in [2.75, 3.05) is 0 Å². The molecule has 2 nitrogen and oxygen atoms in total. The van der Waals surface area contributed by atoms with Gasteiger partial charge in [-0.2, -0.15) is 5.26 Å². The van der Waals surface area contributed by atoms with Crippen molar-refractivity contribution in [1.29, 1.82) is 5.26 Å². The highest BCUT2D eigenvalue weighted by atomic mass is 79.9. The summed E-state index contributed by atoms with van der Waals surface area (Å²) in [6.07, 6.45) is 5.66. The van der Waals surface area contributed by atoms with Crippen molar-refractivity contribution in [1.82, 2.24) is 4.98 Å². The fraction of sp³-hybridized carbons (Fsp3) is 0. The fourth-order valence-corrected chi connectivity index (χ4v) is 3.19. The molecule has 1 aromatic heterocycles. The van der Waals surface area contributed by atoms with Gasteiger partial charge in [-0.05, 0) is 23.8 Å². The summed E-state index contributed by atoms with van der Waals surface area (Å²) in [6, 6.07) is 20.2. The van der Waals surface area contributed by atoms with Crippen LogP contribution in [0.5, 0.6) is 0 Å². The van der Waals surface area contributed by atoms with E-state index >= 15 is 0 Å². The number of nitriles is 1. The minimum atomic E-state index is 0.565. The number of nitrogens with zero attached hydrogens (tertiary/aromatic N) is 2. The molecule has 0 N–H and O–H groups in total. The summed E-state index contributed by atoms with van der Waals surface area (Å²) in [5.74, 6) is 0. The average Bonchev–Trinajstić information content (AvgIpc) is 3.10. The summed E-state index contributed by atoms with van der Waals surface area (Å²) in [7, 11) is 0. The lowest BCUT2D eigenvalue weighted by atomic mass is 10.2. The standard InChI is InChI=1S/C20H13BrN2S/c21-18-11-9-16(10-12-18)19-14-24-20(23-19)17(13-22)8-4-7-15-5-2-1-3-6-15/h1-12,14H. The highest BCUT2D eigenvalue weighted by molar-refractivity contribution is 9.10. The number of halogens is 1. The molecule has 3 rings (SSSR count). The van der Waals surface area contributed by atoms with Crippen LogP contribution >= 0.6 is 27.3 Å². The van der Waals surface area contributed by atoms with E-state index in [1.807, 2.05) is 72.1 Å². The van der Waals surface area contributed by atoms with Gasteiger partial charge in [-0.1, -0.05) is 70.5 Å². The predicted molar refractivity (Wildman–Crippen MR) is 104 cm³/mol. The quantitative estimate of drug-likeness (QED) is 0.391. The number of hydrogen-bond acceptors (Lipinski definition) is 3. The summed E-state index contributed by atoms with van der Waals surface area (Å²) in [5.41, 5.74) is 3.59. The Morgan fingerprint density at radius 2 is 1.83 bits per heavy atom. The SMILES string of the molecule is N#CC(=CC=Cc1ccccc1)c1nc(-c2ccc(Br)cc2)cs1. The summed E-state index contributed by atoms with van der Waals surface area (Å²) < 4.78 is 1.03. The Bertz CT molecular complexity index is 916. The van der Waals surface area contributed by atoms with Gasteiger partial charge in [0, 0.05) is 15.4 Å². The molecule has 0 saturated carbocycles. The minimum Gasteiger partial charge on any atom is -0.235 e. The van der Waals surface area contributed by atoms with Gasteiger partial charge in [-0.3, -0.25) is 0 Å². The first kappa shape index (κ1) is 16.4. The first-order valence-corrected chi connectivity index (χ1v) is 8.99. The van der Waals surface area contributed by atoms with Gasteiger partial charge in [0.15, 0.2) is 0 Å². The molecule has 0 radical (unpaired) electrons. The molecule has 0 fully saturated rings. The maximum Gasteiger partial charge on any atom is 0.134 e. The van der Waals surface area contributed by atoms with E-state index in [2.05, 4.69) is 27.0 Å². The first-order chi connectivity index (χ1) is 11.8. The van der Waals surface area contributed by atoms with Crippen molar-refractivity contribution in [3.05, 3.63) is 87.2 Å². The maximum atomic E-state index is 9.40. The van der Waals surface area contributed by atoms with Crippen LogP contribution in [0.15, 0.2) is 76.6 Å². The Kier molecular flexibility index (Phi) is 5.37. The third-order valence-corrected chi connectivity index (χ3v) is 4.75. The fourth-order valence-electron chi connectivity index (χ4n) is 2.13. The molecule has 0 saturated heterocycles. The lowest BCUT2D eigenvalue weighted by Gasteiger charge is -1.96. The van der Waals surface area contributed by atoms with Crippen molar-refractivity contribution in [3.63, 3.8) is 0 Å². The Hall–Kier alpha value is -2.48. The van der Waals surface area contributed by atoms with E-state index in [1.165, 1.54) is 11.3 Å². The molecule has 0 aliphatic heterocycles. The largest absolute Gasteiger partial charge is 0.235 e. The molecular formula is C20H13BrN2S. The summed E-state index contributed by atoms with van der Waals surface area (Å²) in [6.45, 7) is 0. The van der Waals surface area contributed by atoms with E-state index in [0.717, 1.165) is 26.3 Å². The molecule has 3 aromatic rings. The highest BCUT2D eigenvalue weighted by Gasteiger charge is 2.08. The lowest BCUT2D eigenvalue weighted by Crippen LogP contribution is -1.82. The van der Waals surface area contributed by atoms with E-state index in [1.54, 1.807) is 6.08 Å². The minimum absolute atomic E-state index is 0.565. The molecule has 0 aliphatic rings. The zero-order valence-corrected chi connectivity index (χ0v) is 15.1. The molecule has 2 aromatic carbocycles. The second kappa shape index (κ2) is 7.87. The number of allylic oxidation sites excluding steroid dienone is 3. The molecule has 0 bridgehead atoms. The number of rotatable bonds is 4. The average molecular weight is 393 g/mol. The van der Waals surface area contributed by atoms with Crippen molar-refractivity contribution in [2.45, 2.75) is 0 Å². The third-order valence-electron chi connectivity index (χ3n) is 3.35. The zero-order valence-electron chi connectivity index (χ0n) is 12.7. The lowest BCUT2D eigenvalue weighted by molar-refractivity contribution is 1.36. The van der Waals surface area contributed by atoms with Gasteiger partial charge in [0.05, 0.1) is 11.3 Å². The van der Waals surface area contributed by atoms with E-state index in [9.17, 15) is 5.26 Å². The topological polar surface area (TPSA) is 36.7 Å². The van der Waals surface area contributed by atoms with Crippen LogP contribution in [0.1, 0.15) is 10.6 Å². The number of thiazole rings is 1. The van der Waals surface area contributed by atoms with E-state index in [4.69, 9.17) is 0 Å². The molecule has 0 aliphatic carbocycles. The van der Waals surface area contributed by atoms with Gasteiger partial charge in [0.25, 0.3) is 0 Å². The van der Waals surface area contributed by atoms with Gasteiger partial charge in [0.2, 0.25) is 0 Å². The van der Waals surface area contributed by atoms with E-state index < -0.39 is 0 Å². The Morgan fingerprint density at radius 1 is 1.08 bits per heavy atom. The van der Waals surface area contributed by atoms with Gasteiger partial charge >= 0.3 is 0 Å². The van der Waals surface area contributed by atoms with Crippen molar-refractivity contribution in [3.8, 4) is 17.3 Å². The molecule has 0 unspecified atom stereocenters. The molecule has 1 heterocycles. The Balaban J connectivity index is 1.82. The monoisotopic (exact) mass is 392 g/mol. The highest BCUT2D eigenvalue weighted by Crippen LogP contribution is 2.27. The second-order valence-electron chi connectivity index (χ2n) is 5.01. The van der Waals surface area contributed by atoms with Crippen LogP contribution in [0.3, 0.4) is 0 Å². The molecule has 24 heavy (non-hydrogen) atoms. The van der Waals surface area contributed by atoms with Crippen LogP contribution in [-0.4, -0.2) is 4.98 Å². The second-order valence-corrected chi connectivity index (χ2v) is 6.78. The van der Waals surface area contributed by atoms with Crippen molar-refractivity contribution in [2.24, 2.45) is 0 Å². The van der Waals surface area contributed by atoms with Crippen LogP contribution in [0.4, 0.5) is 0 Å². The molecule has 0 amide bonds. The molecular weight excluding hydrogens is 380 g/mol. The summed E-state index contributed by atoms with van der Waals surface area (Å²) >= 11 is 4.91. The predicted octanol–water partition coefficient (Wildman–Crippen LogP) is 6.19. The maximum absolute atomic E-state index is 9.40. The Morgan fingerprint density at radius 3 is 2.54 bits per heavy atom. The Labute approximate surface area is 153 Å². The molecule has 116 valence electrons. The van der Waals surface area contributed by atoms with Crippen LogP contribution in [-0.2, 0) is 0 Å². The van der Waals surface area contributed by atoms with Gasteiger partial charge in [-0.15, -0.1) is 11.3 Å². The summed E-state index contributed by atoms with van der Waals surface area (Å²) in [5, 5.41) is 12.1. The smallest absolute Gasteiger partial charge is 0.134 e. The zero-order chi connectivity index (χ0) is 16.8. The van der Waals surface area contributed by atoms with Crippen LogP contribution < -0.4 is 0 Å². The van der Waals surface area contributed by atoms with Crippen molar-refractivity contribution < 1.29 is 0 Å². The number of benzene rings is 2. The first-order valence-electron chi connectivity index (χ1n) is 7.31.